The van der Waals surface area contributed by atoms with Crippen LogP contribution in [0.5, 0.6) is 0 Å². The molecular formula is C17H13NO6. The summed E-state index contributed by atoms with van der Waals surface area (Å²) in [5, 5.41) is 10.9. The van der Waals surface area contributed by atoms with Gasteiger partial charge in [0.25, 0.3) is 5.69 Å². The molecule has 24 heavy (non-hydrogen) atoms. The summed E-state index contributed by atoms with van der Waals surface area (Å²) in [7, 11) is 0. The number of rotatable bonds is 6. The highest BCUT2D eigenvalue weighted by Crippen LogP contribution is 2.19. The first-order valence-electron chi connectivity index (χ1n) is 6.93. The third-order valence-electron chi connectivity index (χ3n) is 3.34. The fourth-order valence-corrected chi connectivity index (χ4v) is 1.98. The molecule has 0 aromatic heterocycles. The Balaban J connectivity index is 2.04. The molecule has 0 saturated carbocycles. The fraction of sp³-hybridized carbons (Fsp3) is 0.118. The van der Waals surface area contributed by atoms with Crippen molar-refractivity contribution in [2.75, 3.05) is 6.61 Å². The number of nitro groups is 1. The lowest BCUT2D eigenvalue weighted by molar-refractivity contribution is -0.385. The number of Topliss-reactive ketones (excluding diaryl/α,β-unsaturated/α-hetero) is 1. The van der Waals surface area contributed by atoms with Crippen molar-refractivity contribution in [3.63, 3.8) is 0 Å². The minimum Gasteiger partial charge on any atom is -0.454 e. The predicted molar refractivity (Wildman–Crippen MR) is 84.3 cm³/mol. The third kappa shape index (κ3) is 3.89. The van der Waals surface area contributed by atoms with Crippen LogP contribution in [-0.2, 0) is 4.74 Å². The molecule has 0 aliphatic carbocycles. The third-order valence-corrected chi connectivity index (χ3v) is 3.34. The molecule has 0 bridgehead atoms. The second kappa shape index (κ2) is 7.28. The Morgan fingerprint density at radius 1 is 1.12 bits per heavy atom. The van der Waals surface area contributed by atoms with Crippen LogP contribution in [0.25, 0.3) is 0 Å². The zero-order valence-electron chi connectivity index (χ0n) is 12.7. The Hall–Kier alpha value is -3.35. The van der Waals surface area contributed by atoms with Gasteiger partial charge >= 0.3 is 5.97 Å². The summed E-state index contributed by atoms with van der Waals surface area (Å²) in [6.07, 6.45) is 0.642. The number of ketones is 1. The number of aryl methyl sites for hydroxylation is 1. The summed E-state index contributed by atoms with van der Waals surface area (Å²) < 4.78 is 4.90. The molecule has 0 unspecified atom stereocenters. The molecule has 0 fully saturated rings. The number of nitro benzene ring substituents is 1. The Labute approximate surface area is 137 Å². The largest absolute Gasteiger partial charge is 0.454 e. The number of carbonyl (C=O) groups is 3. The van der Waals surface area contributed by atoms with Crippen molar-refractivity contribution in [1.82, 2.24) is 0 Å². The first kappa shape index (κ1) is 17.0. The van der Waals surface area contributed by atoms with Gasteiger partial charge in [0.2, 0.25) is 5.78 Å². The molecule has 0 saturated heterocycles. The number of hydrogen-bond donors (Lipinski definition) is 0. The molecule has 0 atom stereocenters. The van der Waals surface area contributed by atoms with E-state index in [0.29, 0.717) is 17.4 Å². The minimum atomic E-state index is -0.720. The van der Waals surface area contributed by atoms with E-state index >= 15 is 0 Å². The maximum Gasteiger partial charge on any atom is 0.338 e. The average molecular weight is 327 g/mol. The number of hydrogen-bond acceptors (Lipinski definition) is 6. The second-order valence-corrected chi connectivity index (χ2v) is 5.00. The van der Waals surface area contributed by atoms with Crippen LogP contribution >= 0.6 is 0 Å². The molecule has 0 amide bonds. The molecule has 7 heteroatoms. The Bertz CT molecular complexity index is 810. The number of ether oxygens (including phenoxy) is 1. The van der Waals surface area contributed by atoms with Gasteiger partial charge in [-0.15, -0.1) is 0 Å². The zero-order valence-corrected chi connectivity index (χ0v) is 12.7. The van der Waals surface area contributed by atoms with Crippen LogP contribution in [0.1, 0.15) is 36.6 Å². The normalized spacial score (nSPS) is 10.0. The monoisotopic (exact) mass is 327 g/mol. The van der Waals surface area contributed by atoms with E-state index in [9.17, 15) is 24.5 Å². The first-order valence-corrected chi connectivity index (χ1v) is 6.93. The summed E-state index contributed by atoms with van der Waals surface area (Å²) in [4.78, 5) is 44.7. The molecule has 0 spiro atoms. The van der Waals surface area contributed by atoms with Gasteiger partial charge in [0.15, 0.2) is 6.61 Å². The van der Waals surface area contributed by atoms with E-state index in [1.165, 1.54) is 36.4 Å². The molecule has 0 N–H and O–H groups in total. The summed E-state index contributed by atoms with van der Waals surface area (Å²) in [6, 6.07) is 9.79. The van der Waals surface area contributed by atoms with Crippen molar-refractivity contribution in [1.29, 1.82) is 0 Å². The van der Waals surface area contributed by atoms with Crippen LogP contribution in [0.2, 0.25) is 0 Å². The van der Waals surface area contributed by atoms with Gasteiger partial charge in [-0.2, -0.15) is 0 Å². The SMILES string of the molecule is Cc1ccc(C(=O)COC(=O)c2ccc(C=O)cc2)cc1[N+](=O)[O-]. The topological polar surface area (TPSA) is 104 Å². The highest BCUT2D eigenvalue weighted by molar-refractivity contribution is 6.00. The van der Waals surface area contributed by atoms with Gasteiger partial charge in [-0.3, -0.25) is 19.7 Å². The second-order valence-electron chi connectivity index (χ2n) is 5.00. The van der Waals surface area contributed by atoms with Gasteiger partial charge in [-0.25, -0.2) is 4.79 Å². The molecule has 122 valence electrons. The van der Waals surface area contributed by atoms with Crippen molar-refractivity contribution in [2.45, 2.75) is 6.92 Å². The lowest BCUT2D eigenvalue weighted by atomic mass is 10.1. The summed E-state index contributed by atoms with van der Waals surface area (Å²) in [6.45, 7) is 1.03. The van der Waals surface area contributed by atoms with E-state index < -0.39 is 23.3 Å². The van der Waals surface area contributed by atoms with Gasteiger partial charge in [0.05, 0.1) is 10.5 Å². The predicted octanol–water partition coefficient (Wildman–Crippen LogP) is 2.76. The van der Waals surface area contributed by atoms with Gasteiger partial charge in [-0.05, 0) is 19.1 Å². The van der Waals surface area contributed by atoms with Crippen LogP contribution in [0.3, 0.4) is 0 Å². The van der Waals surface area contributed by atoms with Gasteiger partial charge in [-0.1, -0.05) is 24.3 Å². The lowest BCUT2D eigenvalue weighted by Crippen LogP contribution is -2.14. The Morgan fingerprint density at radius 2 is 1.75 bits per heavy atom. The summed E-state index contributed by atoms with van der Waals surface area (Å²) in [5.74, 6) is -1.27. The zero-order chi connectivity index (χ0) is 17.7. The molecular weight excluding hydrogens is 314 g/mol. The molecule has 7 nitrogen and oxygen atoms in total. The molecule has 0 aliphatic heterocycles. The first-order chi connectivity index (χ1) is 11.4. The molecule has 2 rings (SSSR count). The molecule has 0 radical (unpaired) electrons. The smallest absolute Gasteiger partial charge is 0.338 e. The lowest BCUT2D eigenvalue weighted by Gasteiger charge is -2.05. The van der Waals surface area contributed by atoms with Crippen LogP contribution in [0.4, 0.5) is 5.69 Å². The molecule has 2 aromatic rings. The highest BCUT2D eigenvalue weighted by Gasteiger charge is 2.16. The van der Waals surface area contributed by atoms with Gasteiger partial charge < -0.3 is 4.74 Å². The van der Waals surface area contributed by atoms with Crippen molar-refractivity contribution in [3.05, 3.63) is 74.8 Å². The number of carbonyl (C=O) groups excluding carboxylic acids is 3. The number of aldehydes is 1. The molecule has 0 aliphatic rings. The fourth-order valence-electron chi connectivity index (χ4n) is 1.98. The Morgan fingerprint density at radius 3 is 2.33 bits per heavy atom. The van der Waals surface area contributed by atoms with E-state index in [2.05, 4.69) is 0 Å². The standard InChI is InChI=1S/C17H13NO6/c1-11-2-5-14(8-15(11)18(22)23)16(20)10-24-17(21)13-6-3-12(9-19)4-7-13/h2-9H,10H2,1H3. The van der Waals surface area contributed by atoms with Crippen molar-refractivity contribution < 1.29 is 24.0 Å². The van der Waals surface area contributed by atoms with E-state index in [-0.39, 0.29) is 16.8 Å². The van der Waals surface area contributed by atoms with E-state index in [4.69, 9.17) is 4.74 Å². The van der Waals surface area contributed by atoms with Crippen LogP contribution in [0.15, 0.2) is 42.5 Å². The summed E-state index contributed by atoms with van der Waals surface area (Å²) in [5.41, 5.74) is 0.967. The highest BCUT2D eigenvalue weighted by atomic mass is 16.6. The van der Waals surface area contributed by atoms with E-state index in [1.54, 1.807) is 6.92 Å². The van der Waals surface area contributed by atoms with Crippen molar-refractivity contribution in [3.8, 4) is 0 Å². The van der Waals surface area contributed by atoms with Crippen LogP contribution < -0.4 is 0 Å². The molecule has 0 heterocycles. The van der Waals surface area contributed by atoms with Gasteiger partial charge in [0, 0.05) is 22.8 Å². The average Bonchev–Trinajstić information content (AvgIpc) is 2.59. The number of benzene rings is 2. The van der Waals surface area contributed by atoms with E-state index in [0.717, 1.165) is 6.07 Å². The van der Waals surface area contributed by atoms with Crippen LogP contribution in [0, 0.1) is 17.0 Å². The van der Waals surface area contributed by atoms with Crippen LogP contribution in [-0.4, -0.2) is 29.6 Å². The van der Waals surface area contributed by atoms with Gasteiger partial charge in [0.1, 0.15) is 6.29 Å². The molecule has 2 aromatic carbocycles. The maximum atomic E-state index is 12.0. The van der Waals surface area contributed by atoms with Crippen molar-refractivity contribution >= 4 is 23.7 Å². The summed E-state index contributed by atoms with van der Waals surface area (Å²) >= 11 is 0. The van der Waals surface area contributed by atoms with E-state index in [1.807, 2.05) is 0 Å². The quantitative estimate of drug-likeness (QED) is 0.266. The number of esters is 1. The maximum absolute atomic E-state index is 12.0. The van der Waals surface area contributed by atoms with Crippen molar-refractivity contribution in [2.24, 2.45) is 0 Å². The number of nitrogens with zero attached hydrogens (tertiary/aromatic N) is 1. The Kier molecular flexibility index (Phi) is 5.16. The minimum absolute atomic E-state index is 0.0939.